The molecule has 0 atom stereocenters. The summed E-state index contributed by atoms with van der Waals surface area (Å²) in [5.74, 6) is 1.15. The summed E-state index contributed by atoms with van der Waals surface area (Å²) < 4.78 is 5.26. The van der Waals surface area contributed by atoms with Crippen molar-refractivity contribution >= 4 is 17.5 Å². The van der Waals surface area contributed by atoms with Gasteiger partial charge in [-0.15, -0.1) is 20.4 Å². The first kappa shape index (κ1) is 33.2. The number of carbonyl (C=O) groups is 1. The lowest BCUT2D eigenvalue weighted by Crippen LogP contribution is -2.41. The third kappa shape index (κ3) is 12.2. The molecule has 5 rings (SSSR count). The molecule has 1 saturated heterocycles. The van der Waals surface area contributed by atoms with Crippen molar-refractivity contribution < 1.29 is 14.6 Å². The Balaban J connectivity index is 0.000000225. The Kier molecular flexibility index (Phi) is 15.3. The second-order valence-electron chi connectivity index (χ2n) is 9.18. The van der Waals surface area contributed by atoms with Gasteiger partial charge in [0.15, 0.2) is 5.82 Å². The summed E-state index contributed by atoms with van der Waals surface area (Å²) in [6.07, 6.45) is 0. The summed E-state index contributed by atoms with van der Waals surface area (Å²) in [5.41, 5.74) is 3.71. The Bertz CT molecular complexity index is 1290. The molecule has 0 spiro atoms. The number of nitrogens with one attached hydrogen (secondary N) is 3. The van der Waals surface area contributed by atoms with E-state index < -0.39 is 0 Å². The minimum absolute atomic E-state index is 0.0799. The number of aliphatic hydroxyl groups excluding tert-OH is 1. The number of nitrogens with zero attached hydrogens (tertiary/aromatic N) is 5. The zero-order valence-electron chi connectivity index (χ0n) is 24.9. The highest BCUT2D eigenvalue weighted by Crippen LogP contribution is 2.17. The molecule has 4 aromatic rings. The molecule has 11 nitrogen and oxygen atoms in total. The molecule has 4 N–H and O–H groups in total. The SMILES string of the molecule is CC.O=C(CN1CCOCC1)Nc1ccc(-c2ccccc2)nn1.OCCNCCNc1ccc(-c2ccccc2)nn1. The monoisotopic (exact) mass is 586 g/mol. The fourth-order valence-corrected chi connectivity index (χ4v) is 3.98. The molecule has 0 aliphatic carbocycles. The average molecular weight is 587 g/mol. The molecule has 228 valence electrons. The Hall–Kier alpha value is -4.29. The number of aliphatic hydroxyl groups is 1. The fourth-order valence-electron chi connectivity index (χ4n) is 3.98. The molecule has 2 aromatic carbocycles. The van der Waals surface area contributed by atoms with Crippen LogP contribution < -0.4 is 16.0 Å². The van der Waals surface area contributed by atoms with E-state index in [0.29, 0.717) is 32.1 Å². The van der Waals surface area contributed by atoms with Crippen molar-refractivity contribution in [3.05, 3.63) is 84.9 Å². The van der Waals surface area contributed by atoms with Gasteiger partial charge in [0.05, 0.1) is 37.8 Å². The topological polar surface area (TPSA) is 137 Å². The molecule has 1 aliphatic rings. The zero-order valence-corrected chi connectivity index (χ0v) is 24.9. The Morgan fingerprint density at radius 3 is 1.81 bits per heavy atom. The van der Waals surface area contributed by atoms with Crippen molar-refractivity contribution in [1.82, 2.24) is 30.6 Å². The number of hydrogen-bond acceptors (Lipinski definition) is 10. The molecule has 0 unspecified atom stereocenters. The van der Waals surface area contributed by atoms with Gasteiger partial charge in [-0.3, -0.25) is 9.69 Å². The molecule has 11 heteroatoms. The van der Waals surface area contributed by atoms with Crippen LogP contribution in [0.4, 0.5) is 11.6 Å². The first-order chi connectivity index (χ1) is 21.2. The largest absolute Gasteiger partial charge is 0.395 e. The van der Waals surface area contributed by atoms with Crippen LogP contribution in [0.5, 0.6) is 0 Å². The van der Waals surface area contributed by atoms with Crippen LogP contribution >= 0.6 is 0 Å². The number of hydrogen-bond donors (Lipinski definition) is 4. The first-order valence-corrected chi connectivity index (χ1v) is 14.6. The predicted octanol–water partition coefficient (Wildman–Crippen LogP) is 3.58. The van der Waals surface area contributed by atoms with Gasteiger partial charge in [0.25, 0.3) is 0 Å². The lowest BCUT2D eigenvalue weighted by atomic mass is 10.1. The van der Waals surface area contributed by atoms with E-state index in [2.05, 4.69) is 41.2 Å². The van der Waals surface area contributed by atoms with Crippen LogP contribution in [0, 0.1) is 0 Å². The highest BCUT2D eigenvalue weighted by Gasteiger charge is 2.14. The third-order valence-corrected chi connectivity index (χ3v) is 6.10. The summed E-state index contributed by atoms with van der Waals surface area (Å²) in [6, 6.07) is 27.3. The van der Waals surface area contributed by atoms with Crippen LogP contribution in [0.25, 0.3) is 22.5 Å². The predicted molar refractivity (Wildman–Crippen MR) is 171 cm³/mol. The van der Waals surface area contributed by atoms with E-state index in [9.17, 15) is 4.79 Å². The van der Waals surface area contributed by atoms with Crippen LogP contribution in [0.3, 0.4) is 0 Å². The van der Waals surface area contributed by atoms with Gasteiger partial charge >= 0.3 is 0 Å². The van der Waals surface area contributed by atoms with Crippen LogP contribution in [-0.4, -0.2) is 95.4 Å². The highest BCUT2D eigenvalue weighted by atomic mass is 16.5. The van der Waals surface area contributed by atoms with Crippen LogP contribution in [0.1, 0.15) is 13.8 Å². The van der Waals surface area contributed by atoms with Crippen molar-refractivity contribution in [3.63, 3.8) is 0 Å². The molecule has 1 aliphatic heterocycles. The Morgan fingerprint density at radius 1 is 0.744 bits per heavy atom. The minimum atomic E-state index is -0.0799. The van der Waals surface area contributed by atoms with E-state index >= 15 is 0 Å². The zero-order chi connectivity index (χ0) is 30.5. The van der Waals surface area contributed by atoms with E-state index in [1.54, 1.807) is 6.07 Å². The molecule has 0 radical (unpaired) electrons. The fraction of sp³-hybridized carbons (Fsp3) is 0.344. The van der Waals surface area contributed by atoms with Gasteiger partial charge in [0.1, 0.15) is 5.82 Å². The van der Waals surface area contributed by atoms with E-state index in [1.807, 2.05) is 92.7 Å². The van der Waals surface area contributed by atoms with Gasteiger partial charge in [-0.05, 0) is 24.3 Å². The maximum atomic E-state index is 12.0. The Labute approximate surface area is 253 Å². The summed E-state index contributed by atoms with van der Waals surface area (Å²) in [7, 11) is 0. The molecule has 1 fully saturated rings. The lowest BCUT2D eigenvalue weighted by Gasteiger charge is -2.25. The van der Waals surface area contributed by atoms with Crippen LogP contribution in [0.15, 0.2) is 84.9 Å². The molecule has 43 heavy (non-hydrogen) atoms. The standard InChI is InChI=1S/C16H18N4O2.C14H18N4O.C2H6/c21-16(12-20-8-10-22-11-9-20)17-15-7-6-14(18-19-15)13-4-2-1-3-5-13;19-11-10-15-8-9-16-14-7-6-13(17-18-14)12-4-2-1-3-5-12;1-2/h1-7H,8-12H2,(H,17,19,21);1-7,15,19H,8-11H2,(H,16,18);1-2H3. The quantitative estimate of drug-likeness (QED) is 0.193. The smallest absolute Gasteiger partial charge is 0.239 e. The number of aromatic nitrogens is 4. The van der Waals surface area contributed by atoms with E-state index in [-0.39, 0.29) is 12.5 Å². The molecular formula is C32H42N8O3. The van der Waals surface area contributed by atoms with Gasteiger partial charge in [-0.2, -0.15) is 0 Å². The minimum Gasteiger partial charge on any atom is -0.395 e. The second kappa shape index (κ2) is 19.8. The van der Waals surface area contributed by atoms with E-state index in [1.165, 1.54) is 0 Å². The number of rotatable bonds is 11. The van der Waals surface area contributed by atoms with Crippen molar-refractivity contribution in [2.75, 3.05) is 69.7 Å². The highest BCUT2D eigenvalue weighted by molar-refractivity contribution is 5.91. The van der Waals surface area contributed by atoms with Gasteiger partial charge < -0.3 is 25.8 Å². The lowest BCUT2D eigenvalue weighted by molar-refractivity contribution is -0.118. The number of amides is 1. The first-order valence-electron chi connectivity index (χ1n) is 14.6. The molecule has 3 heterocycles. The van der Waals surface area contributed by atoms with Gasteiger partial charge in [-0.25, -0.2) is 0 Å². The summed E-state index contributed by atoms with van der Waals surface area (Å²) in [6.45, 7) is 9.58. The number of benzene rings is 2. The van der Waals surface area contributed by atoms with Crippen LogP contribution in [0.2, 0.25) is 0 Å². The van der Waals surface area contributed by atoms with E-state index in [0.717, 1.165) is 54.5 Å². The molecule has 0 bridgehead atoms. The molecule has 2 aromatic heterocycles. The normalized spacial score (nSPS) is 12.6. The number of morpholine rings is 1. The maximum absolute atomic E-state index is 12.0. The molecule has 0 saturated carbocycles. The third-order valence-electron chi connectivity index (χ3n) is 6.10. The maximum Gasteiger partial charge on any atom is 0.239 e. The number of anilines is 2. The van der Waals surface area contributed by atoms with Gasteiger partial charge in [0, 0.05) is 43.9 Å². The van der Waals surface area contributed by atoms with Gasteiger partial charge in [0.2, 0.25) is 5.91 Å². The molecule has 1 amide bonds. The van der Waals surface area contributed by atoms with Crippen molar-refractivity contribution in [1.29, 1.82) is 0 Å². The summed E-state index contributed by atoms with van der Waals surface area (Å²) >= 11 is 0. The number of carbonyl (C=O) groups excluding carboxylic acids is 1. The van der Waals surface area contributed by atoms with Crippen LogP contribution in [-0.2, 0) is 9.53 Å². The van der Waals surface area contributed by atoms with E-state index in [4.69, 9.17) is 9.84 Å². The number of ether oxygens (including phenoxy) is 1. The summed E-state index contributed by atoms with van der Waals surface area (Å²) in [4.78, 5) is 14.0. The second-order valence-corrected chi connectivity index (χ2v) is 9.18. The van der Waals surface area contributed by atoms with Crippen molar-refractivity contribution in [2.24, 2.45) is 0 Å². The van der Waals surface area contributed by atoms with Gasteiger partial charge in [-0.1, -0.05) is 74.5 Å². The molecular weight excluding hydrogens is 544 g/mol. The Morgan fingerprint density at radius 2 is 1.30 bits per heavy atom. The van der Waals surface area contributed by atoms with Crippen molar-refractivity contribution in [3.8, 4) is 22.5 Å². The summed E-state index contributed by atoms with van der Waals surface area (Å²) in [5, 5.41) is 34.2. The average Bonchev–Trinajstić information content (AvgIpc) is 3.08. The van der Waals surface area contributed by atoms with Crippen molar-refractivity contribution in [2.45, 2.75) is 13.8 Å².